The summed E-state index contributed by atoms with van der Waals surface area (Å²) in [6.45, 7) is 2.23. The molecule has 118 valence electrons. The first-order valence-corrected chi connectivity index (χ1v) is 8.20. The van der Waals surface area contributed by atoms with E-state index < -0.39 is 19.2 Å². The number of nitrogens with one attached hydrogen (secondary N) is 1. The molecule has 1 aliphatic rings. The molecule has 3 N–H and O–H groups in total. The Hall–Kier alpha value is -0.985. The minimum absolute atomic E-state index is 0.0858. The van der Waals surface area contributed by atoms with Crippen LogP contribution in [-0.4, -0.2) is 48.0 Å². The normalized spacial score (nSPS) is 23.0. The summed E-state index contributed by atoms with van der Waals surface area (Å²) in [7, 11) is -1.02. The van der Waals surface area contributed by atoms with Crippen LogP contribution in [0.4, 0.5) is 0 Å². The van der Waals surface area contributed by atoms with E-state index in [-0.39, 0.29) is 18.1 Å². The summed E-state index contributed by atoms with van der Waals surface area (Å²) in [4.78, 5) is 23.4. The van der Waals surface area contributed by atoms with Gasteiger partial charge in [-0.2, -0.15) is 0 Å². The molecule has 0 saturated carbocycles. The predicted molar refractivity (Wildman–Crippen MR) is 83.0 cm³/mol. The van der Waals surface area contributed by atoms with E-state index in [1.165, 1.54) is 11.8 Å². The van der Waals surface area contributed by atoms with Gasteiger partial charge < -0.3 is 20.1 Å². The van der Waals surface area contributed by atoms with Gasteiger partial charge in [0.05, 0.1) is 18.9 Å². The summed E-state index contributed by atoms with van der Waals surface area (Å²) in [6.07, 6.45) is 4.82. The Morgan fingerprint density at radius 1 is 1.48 bits per heavy atom. The highest BCUT2D eigenvalue weighted by atomic mass is 32.2. The van der Waals surface area contributed by atoms with Gasteiger partial charge in [-0.15, -0.1) is 11.8 Å². The lowest BCUT2D eigenvalue weighted by molar-refractivity contribution is -0.139. The third kappa shape index (κ3) is 6.54. The van der Waals surface area contributed by atoms with E-state index in [0.717, 1.165) is 4.91 Å². The Kier molecular flexibility index (Phi) is 7.84. The minimum Gasteiger partial charge on any atom is -0.481 e. The van der Waals surface area contributed by atoms with Crippen molar-refractivity contribution < 1.29 is 24.4 Å². The van der Waals surface area contributed by atoms with Crippen LogP contribution in [0.2, 0.25) is 5.82 Å². The summed E-state index contributed by atoms with van der Waals surface area (Å²) in [5.41, 5.74) is 0. The van der Waals surface area contributed by atoms with Crippen molar-refractivity contribution in [2.75, 3.05) is 12.8 Å². The Morgan fingerprint density at radius 3 is 2.71 bits per heavy atom. The van der Waals surface area contributed by atoms with E-state index in [1.807, 2.05) is 19.3 Å². The molecular formula is C13H22BNO5S. The molecule has 0 spiro atoms. The molecule has 0 aliphatic carbocycles. The van der Waals surface area contributed by atoms with Gasteiger partial charge in [-0.1, -0.05) is 6.08 Å². The Bertz CT molecular complexity index is 404. The fourth-order valence-electron chi connectivity index (χ4n) is 2.22. The van der Waals surface area contributed by atoms with Crippen molar-refractivity contribution in [1.82, 2.24) is 5.32 Å². The fraction of sp³-hybridized carbons (Fsp3) is 0.692. The molecule has 8 heteroatoms. The highest BCUT2D eigenvalue weighted by Gasteiger charge is 2.35. The molecule has 0 aromatic carbocycles. The number of carbonyl (C=O) groups excluding carboxylic acids is 1. The van der Waals surface area contributed by atoms with Gasteiger partial charge in [0.1, 0.15) is 0 Å². The molecule has 0 aromatic heterocycles. The number of allylic oxidation sites excluding steroid dienone is 1. The maximum absolute atomic E-state index is 11.8. The summed E-state index contributed by atoms with van der Waals surface area (Å²) >= 11 is 1.54. The maximum atomic E-state index is 11.8. The highest BCUT2D eigenvalue weighted by Crippen LogP contribution is 2.27. The first-order valence-electron chi connectivity index (χ1n) is 6.97. The zero-order valence-corrected chi connectivity index (χ0v) is 13.2. The molecule has 1 fully saturated rings. The third-order valence-electron chi connectivity index (χ3n) is 3.48. The number of aliphatic carboxylic acids is 1. The second-order valence-electron chi connectivity index (χ2n) is 5.02. The van der Waals surface area contributed by atoms with Crippen LogP contribution in [0.3, 0.4) is 0 Å². The lowest BCUT2D eigenvalue weighted by Gasteiger charge is -2.30. The number of carboxylic acids is 1. The molecule has 6 nitrogen and oxygen atoms in total. The molecule has 2 atom stereocenters. The van der Waals surface area contributed by atoms with Crippen LogP contribution in [0.15, 0.2) is 11.0 Å². The molecule has 2 unspecified atom stereocenters. The van der Waals surface area contributed by atoms with E-state index in [9.17, 15) is 14.6 Å². The van der Waals surface area contributed by atoms with Gasteiger partial charge >= 0.3 is 13.1 Å². The zero-order chi connectivity index (χ0) is 15.8. The fourth-order valence-corrected chi connectivity index (χ4v) is 2.74. The van der Waals surface area contributed by atoms with Crippen LogP contribution >= 0.6 is 11.8 Å². The van der Waals surface area contributed by atoms with Gasteiger partial charge in [0, 0.05) is 12.4 Å². The SMILES string of the molecule is C/C=C(/CC(=O)NCC1CCC(CC(=O)O)OB1O)SC. The maximum Gasteiger partial charge on any atom is 0.459 e. The van der Waals surface area contributed by atoms with E-state index in [0.29, 0.717) is 25.8 Å². The summed E-state index contributed by atoms with van der Waals surface area (Å²) in [5, 5.41) is 21.3. The summed E-state index contributed by atoms with van der Waals surface area (Å²) in [5.74, 6) is -1.21. The van der Waals surface area contributed by atoms with Crippen LogP contribution < -0.4 is 5.32 Å². The molecule has 0 aromatic rings. The average Bonchev–Trinajstić information content (AvgIpc) is 2.43. The summed E-state index contributed by atoms with van der Waals surface area (Å²) in [6, 6.07) is 0. The number of amides is 1. The molecular weight excluding hydrogens is 293 g/mol. The number of carbonyl (C=O) groups is 2. The van der Waals surface area contributed by atoms with Crippen molar-refractivity contribution in [1.29, 1.82) is 0 Å². The average molecular weight is 315 g/mol. The van der Waals surface area contributed by atoms with Crippen molar-refractivity contribution in [3.05, 3.63) is 11.0 Å². The monoisotopic (exact) mass is 315 g/mol. The largest absolute Gasteiger partial charge is 0.481 e. The van der Waals surface area contributed by atoms with Crippen LogP contribution in [0, 0.1) is 0 Å². The first-order chi connectivity index (χ1) is 9.96. The molecule has 1 rings (SSSR count). The lowest BCUT2D eigenvalue weighted by Crippen LogP contribution is -2.42. The van der Waals surface area contributed by atoms with Crippen molar-refractivity contribution >= 4 is 30.8 Å². The van der Waals surface area contributed by atoms with E-state index in [1.54, 1.807) is 0 Å². The van der Waals surface area contributed by atoms with Crippen molar-refractivity contribution in [2.45, 2.75) is 44.5 Å². The van der Waals surface area contributed by atoms with E-state index >= 15 is 0 Å². The molecule has 0 radical (unpaired) electrons. The predicted octanol–water partition coefficient (Wildman–Crippen LogP) is 1.26. The molecule has 1 amide bonds. The standard InChI is InChI=1S/C13H22BNO5S/c1-3-11(21-2)7-12(16)15-8-9-4-5-10(6-13(17)18)20-14(9)19/h3,9-10,19H,4-8H2,1-2H3,(H,15,16)(H,17,18)/b11-3-. The van der Waals surface area contributed by atoms with E-state index in [4.69, 9.17) is 9.76 Å². The van der Waals surface area contributed by atoms with Gasteiger partial charge in [0.25, 0.3) is 0 Å². The Balaban J connectivity index is 2.33. The second-order valence-corrected chi connectivity index (χ2v) is 5.96. The smallest absolute Gasteiger partial charge is 0.459 e. The summed E-state index contributed by atoms with van der Waals surface area (Å²) < 4.78 is 5.27. The lowest BCUT2D eigenvalue weighted by atomic mass is 9.66. The number of thioether (sulfide) groups is 1. The Morgan fingerprint density at radius 2 is 2.19 bits per heavy atom. The Labute approximate surface area is 129 Å². The quantitative estimate of drug-likeness (QED) is 0.612. The van der Waals surface area contributed by atoms with Crippen molar-refractivity contribution in [2.24, 2.45) is 0 Å². The zero-order valence-electron chi connectivity index (χ0n) is 12.4. The second kappa shape index (κ2) is 9.12. The molecule has 21 heavy (non-hydrogen) atoms. The van der Waals surface area contributed by atoms with Crippen LogP contribution in [0.5, 0.6) is 0 Å². The number of hydrogen-bond donors (Lipinski definition) is 3. The van der Waals surface area contributed by atoms with Crippen LogP contribution in [-0.2, 0) is 14.2 Å². The number of hydrogen-bond acceptors (Lipinski definition) is 5. The van der Waals surface area contributed by atoms with Crippen LogP contribution in [0.1, 0.15) is 32.6 Å². The highest BCUT2D eigenvalue weighted by molar-refractivity contribution is 8.02. The van der Waals surface area contributed by atoms with Gasteiger partial charge in [-0.05, 0) is 30.9 Å². The topological polar surface area (TPSA) is 95.9 Å². The van der Waals surface area contributed by atoms with Gasteiger partial charge in [0.2, 0.25) is 5.91 Å². The molecule has 1 heterocycles. The van der Waals surface area contributed by atoms with Gasteiger partial charge in [-0.3, -0.25) is 9.59 Å². The molecule has 1 aliphatic heterocycles. The number of rotatable bonds is 7. The van der Waals surface area contributed by atoms with Crippen LogP contribution in [0.25, 0.3) is 0 Å². The van der Waals surface area contributed by atoms with Gasteiger partial charge in [0.15, 0.2) is 0 Å². The van der Waals surface area contributed by atoms with E-state index in [2.05, 4.69) is 5.32 Å². The number of carboxylic acid groups (broad SMARTS) is 1. The molecule has 1 saturated heterocycles. The van der Waals surface area contributed by atoms with Crippen molar-refractivity contribution in [3.63, 3.8) is 0 Å². The first kappa shape index (κ1) is 18.1. The van der Waals surface area contributed by atoms with Crippen molar-refractivity contribution in [3.8, 4) is 0 Å². The minimum atomic E-state index is -1.02. The third-order valence-corrected chi connectivity index (χ3v) is 4.38. The van der Waals surface area contributed by atoms with Gasteiger partial charge in [-0.25, -0.2) is 0 Å². The molecule has 0 bridgehead atoms.